The van der Waals surface area contributed by atoms with Crippen LogP contribution in [-0.2, 0) is 76.0 Å². The van der Waals surface area contributed by atoms with E-state index in [4.69, 9.17) is 71.1 Å². The molecule has 5 aliphatic carbocycles. The number of rotatable bonds is 22. The number of carbonyl (C=O) groups is 3. The van der Waals surface area contributed by atoms with Crippen LogP contribution in [0.3, 0.4) is 0 Å². The van der Waals surface area contributed by atoms with Crippen LogP contribution in [0.2, 0.25) is 0 Å². The Labute approximate surface area is 644 Å². The molecule has 0 aromatic heterocycles. The van der Waals surface area contributed by atoms with Crippen LogP contribution in [0.4, 0.5) is 0 Å². The van der Waals surface area contributed by atoms with Gasteiger partial charge in [0.1, 0.15) is 122 Å². The van der Waals surface area contributed by atoms with Gasteiger partial charge in [-0.1, -0.05) is 45.4 Å². The van der Waals surface area contributed by atoms with Gasteiger partial charge in [-0.2, -0.15) is 0 Å². The molecule has 0 amide bonds. The number of aliphatic carboxylic acids is 1. The Morgan fingerprint density at radius 2 is 1.10 bits per heavy atom. The summed E-state index contributed by atoms with van der Waals surface area (Å²) in [6.45, 7) is 6.58. The summed E-state index contributed by atoms with van der Waals surface area (Å²) >= 11 is 0. The summed E-state index contributed by atoms with van der Waals surface area (Å²) in [5.41, 5.74) is -5.40. The zero-order valence-corrected chi connectivity index (χ0v) is 63.5. The summed E-state index contributed by atoms with van der Waals surface area (Å²) in [7, 11) is 2.87. The Bertz CT molecular complexity index is 3490. The highest BCUT2D eigenvalue weighted by molar-refractivity contribution is 5.87. The molecule has 37 heteroatoms. The highest BCUT2D eigenvalue weighted by Crippen LogP contribution is 2.76. The first kappa shape index (κ1) is 86.9. The summed E-state index contributed by atoms with van der Waals surface area (Å²) in [6, 6.07) is 4.80. The lowest BCUT2D eigenvalue weighted by atomic mass is 9.33. The van der Waals surface area contributed by atoms with E-state index in [1.807, 2.05) is 13.0 Å². The maximum Gasteiger partial charge on any atom is 0.331 e. The molecule has 0 spiro atoms. The number of carboxylic acid groups (broad SMARTS) is 1. The van der Waals surface area contributed by atoms with Crippen molar-refractivity contribution in [1.29, 1.82) is 0 Å². The van der Waals surface area contributed by atoms with E-state index < -0.39 is 292 Å². The molecular weight excluding hydrogens is 1490 g/mol. The van der Waals surface area contributed by atoms with Gasteiger partial charge < -0.3 is 168 Å². The van der Waals surface area contributed by atoms with E-state index in [1.54, 1.807) is 18.2 Å². The molecule has 11 aliphatic rings. The number of carboxylic acids is 1. The Morgan fingerprint density at radius 3 is 1.72 bits per heavy atom. The molecule has 0 unspecified atom stereocenters. The van der Waals surface area contributed by atoms with Gasteiger partial charge in [-0.05, 0) is 129 Å². The summed E-state index contributed by atoms with van der Waals surface area (Å²) < 4.78 is 88.9. The molecule has 12 rings (SSSR count). The topological polar surface area (TPSA) is 574 Å². The highest BCUT2D eigenvalue weighted by Gasteiger charge is 2.74. The van der Waals surface area contributed by atoms with Gasteiger partial charge in [-0.25, -0.2) is 4.79 Å². The number of esters is 2. The molecule has 112 heavy (non-hydrogen) atoms. The molecule has 0 radical (unpaired) electrons. The fraction of sp³-hybridized carbons (Fsp3) is 0.827. The maximum absolute atomic E-state index is 16.1. The van der Waals surface area contributed by atoms with E-state index in [9.17, 15) is 107 Å². The van der Waals surface area contributed by atoms with Crippen molar-refractivity contribution in [3.05, 3.63) is 41.5 Å². The molecule has 634 valence electrons. The van der Waals surface area contributed by atoms with Crippen LogP contribution in [0.1, 0.15) is 105 Å². The van der Waals surface area contributed by atoms with Crippen LogP contribution < -0.4 is 9.47 Å². The molecule has 38 atom stereocenters. The molecule has 19 N–H and O–H groups in total. The van der Waals surface area contributed by atoms with Gasteiger partial charge >= 0.3 is 17.9 Å². The SMILES string of the molecule is COc1ccc(/C=C/C(=O)O[C@@H]2[C@H](O)[C@@H](O[C@@H]3O[C@@H](CO)[C@H](O[C@@H]4OC[C@@H](O[C@H]5O[C@H](CO)[C@H](O)[C@H](O)[C@H]5O)[C@H](O[C@@H]5OC[C@H](O)[C@H](O)[C@H]5O)[C@H]4O)[C@@H](O)[C@H]3O)[C@H](OC(=O)[C@]34CCC(C)(C)C[C@H]3C3=CC[C@@H]5[C@@]6(C)C[C@H](O)[C@H](O[C@@H]7O[C@H](CO)[C@@H](O)[C@H](O)[C@H]7O)[C@@](C)(C(=O)O)[C@@H]6CC[C@@]5(C)[C@]3(CO)CC4)O[C@@H]2C)cc1OC. The molecule has 1 aromatic carbocycles. The van der Waals surface area contributed by atoms with E-state index in [1.165, 1.54) is 34.1 Å². The lowest BCUT2D eigenvalue weighted by molar-refractivity contribution is -0.390. The molecule has 10 fully saturated rings. The van der Waals surface area contributed by atoms with Crippen molar-refractivity contribution < 1.29 is 182 Å². The Balaban J connectivity index is 0.818. The van der Waals surface area contributed by atoms with Crippen molar-refractivity contribution in [2.75, 3.05) is 53.9 Å². The molecule has 6 saturated heterocycles. The Morgan fingerprint density at radius 1 is 0.527 bits per heavy atom. The van der Waals surface area contributed by atoms with Crippen LogP contribution >= 0.6 is 0 Å². The van der Waals surface area contributed by atoms with E-state index >= 15 is 4.79 Å². The number of allylic oxidation sites excluding steroid dienone is 1. The normalized spacial score (nSPS) is 48.8. The molecule has 37 nitrogen and oxygen atoms in total. The molecular formula is C75H112O37. The first-order valence-electron chi connectivity index (χ1n) is 38.2. The van der Waals surface area contributed by atoms with Crippen molar-refractivity contribution in [3.8, 4) is 11.5 Å². The van der Waals surface area contributed by atoms with Crippen molar-refractivity contribution in [2.24, 2.45) is 50.2 Å². The minimum atomic E-state index is -2.27. The van der Waals surface area contributed by atoms with Gasteiger partial charge in [0.25, 0.3) is 0 Å². The Kier molecular flexibility index (Phi) is 26.2. The first-order chi connectivity index (χ1) is 52.9. The number of hydrogen-bond donors (Lipinski definition) is 19. The molecule has 0 bridgehead atoms. The second kappa shape index (κ2) is 33.7. The van der Waals surface area contributed by atoms with Crippen LogP contribution in [0.25, 0.3) is 6.08 Å². The lowest BCUT2D eigenvalue weighted by Gasteiger charge is -2.71. The number of hydrogen-bond acceptors (Lipinski definition) is 36. The largest absolute Gasteiger partial charge is 0.493 e. The van der Waals surface area contributed by atoms with Gasteiger partial charge in [0.05, 0.1) is 76.9 Å². The number of methoxy groups -OCH3 is 2. The minimum absolute atomic E-state index is 0.0263. The third kappa shape index (κ3) is 15.3. The molecule has 6 heterocycles. The molecule has 1 aromatic rings. The smallest absolute Gasteiger partial charge is 0.331 e. The summed E-state index contributed by atoms with van der Waals surface area (Å²) in [4.78, 5) is 43.9. The second-order valence-electron chi connectivity index (χ2n) is 33.7. The molecule has 4 saturated carbocycles. The summed E-state index contributed by atoms with van der Waals surface area (Å²) in [6.07, 6.45) is -48.3. The van der Waals surface area contributed by atoms with E-state index in [2.05, 4.69) is 20.8 Å². The van der Waals surface area contributed by atoms with E-state index in [0.29, 0.717) is 42.7 Å². The quantitative estimate of drug-likeness (QED) is 0.0224. The van der Waals surface area contributed by atoms with Crippen molar-refractivity contribution in [1.82, 2.24) is 0 Å². The van der Waals surface area contributed by atoms with E-state index in [0.717, 1.165) is 11.6 Å². The number of fused-ring (bicyclic) bond motifs is 7. The predicted molar refractivity (Wildman–Crippen MR) is 372 cm³/mol. The van der Waals surface area contributed by atoms with Crippen molar-refractivity contribution in [3.63, 3.8) is 0 Å². The third-order valence-electron chi connectivity index (χ3n) is 26.9. The van der Waals surface area contributed by atoms with Crippen LogP contribution in [-0.4, -0.2) is 353 Å². The van der Waals surface area contributed by atoms with Gasteiger partial charge in [-0.3, -0.25) is 9.59 Å². The van der Waals surface area contributed by atoms with Crippen molar-refractivity contribution in [2.45, 2.75) is 284 Å². The molecule has 6 aliphatic heterocycles. The monoisotopic (exact) mass is 1600 g/mol. The third-order valence-corrected chi connectivity index (χ3v) is 26.9. The average molecular weight is 1610 g/mol. The zero-order valence-electron chi connectivity index (χ0n) is 63.5. The minimum Gasteiger partial charge on any atom is -0.493 e. The van der Waals surface area contributed by atoms with Crippen LogP contribution in [0, 0.1) is 50.2 Å². The number of benzene rings is 1. The van der Waals surface area contributed by atoms with Gasteiger partial charge in [0, 0.05) is 11.5 Å². The Hall–Kier alpha value is -4.45. The zero-order chi connectivity index (χ0) is 81.5. The first-order valence-corrected chi connectivity index (χ1v) is 38.2. The number of ether oxygens (including phenoxy) is 15. The lowest BCUT2D eigenvalue weighted by Crippen LogP contribution is -2.71. The van der Waals surface area contributed by atoms with Crippen LogP contribution in [0.5, 0.6) is 11.5 Å². The van der Waals surface area contributed by atoms with Gasteiger partial charge in [-0.15, -0.1) is 0 Å². The predicted octanol–water partition coefficient (Wildman–Crippen LogP) is -4.79. The average Bonchev–Trinajstić information content (AvgIpc) is 0.668. The summed E-state index contributed by atoms with van der Waals surface area (Å²) in [5.74, 6) is -4.24. The van der Waals surface area contributed by atoms with Crippen LogP contribution in [0.15, 0.2) is 35.9 Å². The highest BCUT2D eigenvalue weighted by atomic mass is 16.8. The van der Waals surface area contributed by atoms with Crippen molar-refractivity contribution >= 4 is 24.0 Å². The van der Waals surface area contributed by atoms with Gasteiger partial charge in [0.15, 0.2) is 55.2 Å². The maximum atomic E-state index is 16.1. The van der Waals surface area contributed by atoms with Gasteiger partial charge in [0.2, 0.25) is 6.29 Å². The second-order valence-corrected chi connectivity index (χ2v) is 33.7. The fourth-order valence-electron chi connectivity index (χ4n) is 20.5. The fourth-order valence-corrected chi connectivity index (χ4v) is 20.5. The van der Waals surface area contributed by atoms with E-state index in [-0.39, 0.29) is 32.1 Å². The number of carbonyl (C=O) groups excluding carboxylic acids is 2. The number of aliphatic hydroxyl groups excluding tert-OH is 18. The number of aliphatic hydroxyl groups is 18. The summed E-state index contributed by atoms with van der Waals surface area (Å²) in [5, 5.41) is 212. The standard InChI is InChI=1S/C75H112O37/c1-30-57(107-44(82)14-10-31-9-12-36(98-7)37(21-31)99-8)55(93)60(110-65-54(92)50(88)58(40(26-78)105-65)108-63-56(94)59(109-62-51(89)45(83)35(81)27-100-62)41(28-101-63)106-64-52(90)48(86)46(84)38(24-76)103-64)67(102-30)112-69(97)74-18-17-70(2,3)22-33(74)32-11-13-42-71(4)23-34(80)61(111-66-53(91)49(87)47(85)39(25-77)104-66)73(6,68(95)96)43(71)15-16-72(42,5)75(32,29-79)20-19-74/h9-12,14,21,30,33-35,38-43,45-67,76-81,83-94H,13,15-20,22-29H2,1-8H3,(H,95,96)/b14-10+/t30-,33+,34+,35+,38-,39-,40+,41-,42-,43-,45+,46+,47-,48+,49+,50+,51-,52-,53-,54-,55+,56-,57+,58+,59+,60-,61+,62+,63+,64-,65+,66+,67+,71-,72-,73+,74+,75+/m1/s1.